The monoisotopic (exact) mass is 306 g/mol. The van der Waals surface area contributed by atoms with Gasteiger partial charge in [-0.25, -0.2) is 0 Å². The second kappa shape index (κ2) is 5.95. The quantitative estimate of drug-likeness (QED) is 0.920. The van der Waals surface area contributed by atoms with Crippen LogP contribution in [-0.2, 0) is 12.8 Å². The Morgan fingerprint density at radius 1 is 1.29 bits per heavy atom. The van der Waals surface area contributed by atoms with Gasteiger partial charge < -0.3 is 19.3 Å². The molecule has 1 aromatic heterocycles. The smallest absolute Gasteiger partial charge is 0.231 e. The zero-order chi connectivity index (χ0) is 14.8. The van der Waals surface area contributed by atoms with Crippen molar-refractivity contribution < 1.29 is 19.3 Å². The van der Waals surface area contributed by atoms with Crippen LogP contribution in [0.5, 0.6) is 17.2 Å². The van der Waals surface area contributed by atoms with Gasteiger partial charge in [0.15, 0.2) is 11.5 Å². The van der Waals surface area contributed by atoms with Gasteiger partial charge in [-0.2, -0.15) is 0 Å². The largest absolute Gasteiger partial charge is 0.493 e. The number of rotatable bonds is 5. The van der Waals surface area contributed by atoms with Gasteiger partial charge >= 0.3 is 0 Å². The minimum absolute atomic E-state index is 0.191. The van der Waals surface area contributed by atoms with Gasteiger partial charge in [-0.1, -0.05) is 6.92 Å². The Hall–Kier alpha value is -1.72. The van der Waals surface area contributed by atoms with Gasteiger partial charge in [-0.05, 0) is 36.2 Å². The van der Waals surface area contributed by atoms with Crippen molar-refractivity contribution in [1.29, 1.82) is 0 Å². The van der Waals surface area contributed by atoms with E-state index in [1.165, 1.54) is 9.75 Å². The van der Waals surface area contributed by atoms with Crippen LogP contribution in [0.25, 0.3) is 0 Å². The van der Waals surface area contributed by atoms with Crippen molar-refractivity contribution >= 4 is 11.3 Å². The molecule has 1 aliphatic heterocycles. The molecule has 0 amide bonds. The van der Waals surface area contributed by atoms with E-state index in [-0.39, 0.29) is 6.79 Å². The van der Waals surface area contributed by atoms with Crippen LogP contribution in [0.2, 0.25) is 0 Å². The predicted octanol–water partition coefficient (Wildman–Crippen LogP) is 3.32. The molecule has 5 heteroatoms. The van der Waals surface area contributed by atoms with Crippen molar-refractivity contribution in [2.45, 2.75) is 25.9 Å². The van der Waals surface area contributed by atoms with Crippen LogP contribution < -0.4 is 14.2 Å². The molecular weight excluding hydrogens is 288 g/mol. The fourth-order valence-electron chi connectivity index (χ4n) is 2.37. The molecule has 0 spiro atoms. The maximum Gasteiger partial charge on any atom is 0.231 e. The molecule has 0 aliphatic carbocycles. The molecule has 1 aromatic carbocycles. The number of aliphatic hydroxyl groups excluding tert-OH is 1. The first-order chi connectivity index (χ1) is 10.2. The van der Waals surface area contributed by atoms with E-state index in [0.717, 1.165) is 12.0 Å². The molecule has 0 fully saturated rings. The maximum atomic E-state index is 10.5. The van der Waals surface area contributed by atoms with Crippen LogP contribution in [0, 0.1) is 0 Å². The van der Waals surface area contributed by atoms with Crippen LogP contribution in [0.3, 0.4) is 0 Å². The molecule has 1 N–H and O–H groups in total. The van der Waals surface area contributed by atoms with Crippen molar-refractivity contribution in [2.24, 2.45) is 0 Å². The van der Waals surface area contributed by atoms with E-state index in [1.54, 1.807) is 18.4 Å². The Labute approximate surface area is 127 Å². The predicted molar refractivity (Wildman–Crippen MR) is 81.5 cm³/mol. The zero-order valence-electron chi connectivity index (χ0n) is 12.1. The molecular formula is C16H18O4S. The van der Waals surface area contributed by atoms with Gasteiger partial charge in [0.2, 0.25) is 12.5 Å². The third-order valence-electron chi connectivity index (χ3n) is 3.53. The lowest BCUT2D eigenvalue weighted by molar-refractivity contribution is 0.170. The molecule has 21 heavy (non-hydrogen) atoms. The number of benzene rings is 1. The number of hydrogen-bond acceptors (Lipinski definition) is 5. The summed E-state index contributed by atoms with van der Waals surface area (Å²) < 4.78 is 16.1. The lowest BCUT2D eigenvalue weighted by atomic mass is 10.0. The van der Waals surface area contributed by atoms with Crippen LogP contribution in [0.15, 0.2) is 24.3 Å². The van der Waals surface area contributed by atoms with Crippen molar-refractivity contribution in [2.75, 3.05) is 13.9 Å². The van der Waals surface area contributed by atoms with Crippen molar-refractivity contribution in [3.8, 4) is 17.2 Å². The van der Waals surface area contributed by atoms with Gasteiger partial charge in [0, 0.05) is 16.2 Å². The minimum atomic E-state index is -0.586. The van der Waals surface area contributed by atoms with Crippen molar-refractivity contribution in [1.82, 2.24) is 0 Å². The first kappa shape index (κ1) is 14.2. The van der Waals surface area contributed by atoms with Crippen LogP contribution in [-0.4, -0.2) is 19.0 Å². The Balaban J connectivity index is 1.82. The highest BCUT2D eigenvalue weighted by Crippen LogP contribution is 2.43. The Morgan fingerprint density at radius 2 is 2.10 bits per heavy atom. The molecule has 1 unspecified atom stereocenters. The lowest BCUT2D eigenvalue weighted by Gasteiger charge is -2.13. The molecule has 2 heterocycles. The fourth-order valence-corrected chi connectivity index (χ4v) is 3.37. The molecule has 112 valence electrons. The highest BCUT2D eigenvalue weighted by Gasteiger charge is 2.22. The third-order valence-corrected chi connectivity index (χ3v) is 4.78. The highest BCUT2D eigenvalue weighted by atomic mass is 32.1. The first-order valence-corrected chi connectivity index (χ1v) is 7.76. The SMILES string of the molecule is CCc1ccc(CC(O)c2cc(OC)c3c(c2)OCO3)s1. The molecule has 1 aliphatic rings. The van der Waals surface area contributed by atoms with E-state index in [0.29, 0.717) is 23.7 Å². The molecule has 0 bridgehead atoms. The highest BCUT2D eigenvalue weighted by molar-refractivity contribution is 7.11. The van der Waals surface area contributed by atoms with Crippen LogP contribution >= 0.6 is 11.3 Å². The number of aryl methyl sites for hydroxylation is 1. The Morgan fingerprint density at radius 3 is 2.81 bits per heavy atom. The molecule has 0 saturated carbocycles. The topological polar surface area (TPSA) is 47.9 Å². The van der Waals surface area contributed by atoms with E-state index in [2.05, 4.69) is 19.1 Å². The van der Waals surface area contributed by atoms with Crippen LogP contribution in [0.4, 0.5) is 0 Å². The van der Waals surface area contributed by atoms with E-state index in [9.17, 15) is 5.11 Å². The van der Waals surface area contributed by atoms with Crippen LogP contribution in [0.1, 0.15) is 28.3 Å². The van der Waals surface area contributed by atoms with Crippen molar-refractivity contribution in [3.05, 3.63) is 39.6 Å². The first-order valence-electron chi connectivity index (χ1n) is 6.94. The number of fused-ring (bicyclic) bond motifs is 1. The number of methoxy groups -OCH3 is 1. The number of ether oxygens (including phenoxy) is 3. The summed E-state index contributed by atoms with van der Waals surface area (Å²) in [7, 11) is 1.58. The van der Waals surface area contributed by atoms with Gasteiger partial charge in [-0.3, -0.25) is 0 Å². The molecule has 0 saturated heterocycles. The second-order valence-electron chi connectivity index (χ2n) is 4.90. The summed E-state index contributed by atoms with van der Waals surface area (Å²) in [5.74, 6) is 1.83. The molecule has 2 aromatic rings. The minimum Gasteiger partial charge on any atom is -0.493 e. The normalized spacial score (nSPS) is 14.2. The fraction of sp³-hybridized carbons (Fsp3) is 0.375. The lowest BCUT2D eigenvalue weighted by Crippen LogP contribution is -2.01. The second-order valence-corrected chi connectivity index (χ2v) is 6.15. The summed E-state index contributed by atoms with van der Waals surface area (Å²) in [5.41, 5.74) is 0.780. The molecule has 4 nitrogen and oxygen atoms in total. The summed E-state index contributed by atoms with van der Waals surface area (Å²) in [6.07, 6.45) is 1.03. The average molecular weight is 306 g/mol. The van der Waals surface area contributed by atoms with E-state index >= 15 is 0 Å². The standard InChI is InChI=1S/C16H18O4S/c1-3-11-4-5-12(21-11)8-13(17)10-6-14(18-2)16-15(7-10)19-9-20-16/h4-7,13,17H,3,8-9H2,1-2H3. The van der Waals surface area contributed by atoms with Gasteiger partial charge in [0.05, 0.1) is 13.2 Å². The van der Waals surface area contributed by atoms with E-state index in [1.807, 2.05) is 12.1 Å². The Kier molecular flexibility index (Phi) is 4.03. The molecule has 0 radical (unpaired) electrons. The average Bonchev–Trinajstić information content (AvgIpc) is 3.14. The summed E-state index contributed by atoms with van der Waals surface area (Å²) in [6.45, 7) is 2.32. The summed E-state index contributed by atoms with van der Waals surface area (Å²) in [6, 6.07) is 7.83. The molecule has 3 rings (SSSR count). The van der Waals surface area contributed by atoms with Gasteiger partial charge in [-0.15, -0.1) is 11.3 Å². The van der Waals surface area contributed by atoms with E-state index in [4.69, 9.17) is 14.2 Å². The van der Waals surface area contributed by atoms with Gasteiger partial charge in [0.1, 0.15) is 0 Å². The maximum absolute atomic E-state index is 10.5. The third kappa shape index (κ3) is 2.84. The number of thiophene rings is 1. The van der Waals surface area contributed by atoms with Gasteiger partial charge in [0.25, 0.3) is 0 Å². The summed E-state index contributed by atoms with van der Waals surface area (Å²) in [5, 5.41) is 10.5. The molecule has 1 atom stereocenters. The summed E-state index contributed by atoms with van der Waals surface area (Å²) in [4.78, 5) is 2.51. The Bertz CT molecular complexity index is 635. The zero-order valence-corrected chi connectivity index (χ0v) is 12.9. The number of hydrogen-bond donors (Lipinski definition) is 1. The summed E-state index contributed by atoms with van der Waals surface area (Å²) >= 11 is 1.74. The van der Waals surface area contributed by atoms with Crippen molar-refractivity contribution in [3.63, 3.8) is 0 Å². The van der Waals surface area contributed by atoms with E-state index < -0.39 is 6.10 Å². The number of aliphatic hydroxyl groups is 1.